The summed E-state index contributed by atoms with van der Waals surface area (Å²) >= 11 is 2.15. The largest absolute Gasteiger partial charge is 0.496 e. The summed E-state index contributed by atoms with van der Waals surface area (Å²) in [6.45, 7) is 8.34. The maximum atomic E-state index is 6.10. The fourth-order valence-corrected chi connectivity index (χ4v) is 5.36. The highest BCUT2D eigenvalue weighted by Gasteiger charge is 2.23. The van der Waals surface area contributed by atoms with Gasteiger partial charge in [-0.1, -0.05) is 50.3 Å². The molecule has 2 aromatic carbocycles. The maximum absolute atomic E-state index is 6.10. The van der Waals surface area contributed by atoms with Crippen molar-refractivity contribution in [3.05, 3.63) is 84.1 Å². The summed E-state index contributed by atoms with van der Waals surface area (Å²) in [5, 5.41) is 5.64. The predicted molar refractivity (Wildman–Crippen MR) is 217 cm³/mol. The monoisotopic (exact) mass is 840 g/mol. The van der Waals surface area contributed by atoms with Crippen LogP contribution in [0.3, 0.4) is 0 Å². The van der Waals surface area contributed by atoms with Gasteiger partial charge in [-0.3, -0.25) is 0 Å². The van der Waals surface area contributed by atoms with E-state index in [0.717, 1.165) is 33.8 Å². The van der Waals surface area contributed by atoms with E-state index in [1.54, 1.807) is 45.2 Å². The number of aromatic amines is 1. The zero-order chi connectivity index (χ0) is 38.8. The number of guanidine groups is 2. The van der Waals surface area contributed by atoms with Crippen LogP contribution in [0, 0.1) is 0 Å². The number of aryl methyl sites for hydroxylation is 1. The van der Waals surface area contributed by atoms with E-state index in [2.05, 4.69) is 85.9 Å². The van der Waals surface area contributed by atoms with Gasteiger partial charge in [0.25, 0.3) is 0 Å². The first-order valence-corrected chi connectivity index (χ1v) is 18.8. The molecule has 53 heavy (non-hydrogen) atoms. The number of aromatic nitrogens is 4. The van der Waals surface area contributed by atoms with Crippen molar-refractivity contribution in [3.63, 3.8) is 0 Å². The van der Waals surface area contributed by atoms with Crippen molar-refractivity contribution in [1.82, 2.24) is 30.2 Å². The lowest BCUT2D eigenvalue weighted by atomic mass is 9.99. The summed E-state index contributed by atoms with van der Waals surface area (Å²) in [6, 6.07) is 7.75. The molecule has 6 rings (SSSR count). The first-order valence-electron chi connectivity index (χ1n) is 16.7. The van der Waals surface area contributed by atoms with Crippen LogP contribution in [-0.2, 0) is 7.05 Å². The number of nitrogens with two attached hydrogens (primary N) is 4. The summed E-state index contributed by atoms with van der Waals surface area (Å²) in [6.07, 6.45) is 9.00. The number of aliphatic imine (C=N–C) groups is 2. The molecule has 2 unspecified atom stereocenters. The third kappa shape index (κ3) is 9.79. The molecule has 0 radical (unpaired) electrons. The standard InChI is InChI=1S/C18H24N6O2.C17H22N6O2.CH3I/c1-10(2)11-7-13(25-4)12(17-21-5-6-24(17)3)8-14(11)26-15-9-22-18(20)23-16(15)19;1-9(2)10-6-12(24-3)11(16-20-4-5-21-16)7-13(10)25-14-8-22-17(19)23-15(14)18;1-2/h5-10,16H,19H2,1-4H3,(H3,20,22,23);4-9,15H,18H2,1-3H3,(H,20,21)(H3,19,22,23);1H3. The van der Waals surface area contributed by atoms with E-state index in [4.69, 9.17) is 41.9 Å². The summed E-state index contributed by atoms with van der Waals surface area (Å²) in [4.78, 5) is 21.9. The zero-order valence-electron chi connectivity index (χ0n) is 31.1. The van der Waals surface area contributed by atoms with Crippen LogP contribution in [0.5, 0.6) is 23.0 Å². The number of hydrogen-bond donors (Lipinski definition) is 7. The lowest BCUT2D eigenvalue weighted by Crippen LogP contribution is -2.39. The van der Waals surface area contributed by atoms with Gasteiger partial charge in [0.2, 0.25) is 0 Å². The third-order valence-corrected chi connectivity index (χ3v) is 8.04. The molecule has 2 atom stereocenters. The van der Waals surface area contributed by atoms with Crippen LogP contribution in [-0.4, -0.2) is 62.9 Å². The molecule has 11 N–H and O–H groups in total. The van der Waals surface area contributed by atoms with E-state index in [0.29, 0.717) is 34.6 Å². The second-order valence-electron chi connectivity index (χ2n) is 12.3. The number of benzene rings is 2. The second-order valence-corrected chi connectivity index (χ2v) is 12.3. The number of nitrogens with zero attached hydrogens (tertiary/aromatic N) is 5. The highest BCUT2D eigenvalue weighted by Crippen LogP contribution is 2.40. The summed E-state index contributed by atoms with van der Waals surface area (Å²) in [5.74, 6) is 6.19. The Kier molecular flexibility index (Phi) is 14.1. The van der Waals surface area contributed by atoms with Crippen LogP contribution in [0.4, 0.5) is 0 Å². The molecule has 0 amide bonds. The molecule has 0 spiro atoms. The van der Waals surface area contributed by atoms with Gasteiger partial charge in [0.05, 0.1) is 25.3 Å². The Labute approximate surface area is 323 Å². The number of rotatable bonds is 10. The average molecular weight is 841 g/mol. The van der Waals surface area contributed by atoms with Gasteiger partial charge in [-0.2, -0.15) is 0 Å². The fraction of sp³-hybridized carbons (Fsp3) is 0.333. The number of ether oxygens (including phenoxy) is 4. The molecule has 4 heterocycles. The number of imidazole rings is 2. The fourth-order valence-electron chi connectivity index (χ4n) is 5.36. The van der Waals surface area contributed by atoms with Crippen molar-refractivity contribution in [3.8, 4) is 45.8 Å². The van der Waals surface area contributed by atoms with E-state index in [-0.39, 0.29) is 23.8 Å². The first-order chi connectivity index (χ1) is 25.4. The van der Waals surface area contributed by atoms with Crippen LogP contribution in [0.1, 0.15) is 50.7 Å². The molecular formula is C36H49IN12O4. The topological polar surface area (TPSA) is 236 Å². The quantitative estimate of drug-likeness (QED) is 0.0874. The van der Waals surface area contributed by atoms with Crippen LogP contribution in [0.25, 0.3) is 22.8 Å². The lowest BCUT2D eigenvalue weighted by Gasteiger charge is -2.22. The predicted octanol–water partition coefficient (Wildman–Crippen LogP) is 4.32. The Morgan fingerprint density at radius 2 is 1.21 bits per heavy atom. The van der Waals surface area contributed by atoms with Gasteiger partial charge >= 0.3 is 0 Å². The van der Waals surface area contributed by atoms with E-state index >= 15 is 0 Å². The lowest BCUT2D eigenvalue weighted by molar-refractivity contribution is 0.371. The molecule has 4 aromatic rings. The van der Waals surface area contributed by atoms with Gasteiger partial charge in [-0.15, -0.1) is 0 Å². The molecule has 0 bridgehead atoms. The minimum atomic E-state index is -0.657. The van der Waals surface area contributed by atoms with Crippen LogP contribution >= 0.6 is 22.6 Å². The number of H-pyrrole nitrogens is 1. The number of nitrogens with one attached hydrogen (secondary N) is 3. The van der Waals surface area contributed by atoms with Crippen molar-refractivity contribution in [2.24, 2.45) is 40.0 Å². The highest BCUT2D eigenvalue weighted by atomic mass is 127. The highest BCUT2D eigenvalue weighted by molar-refractivity contribution is 14.1. The van der Waals surface area contributed by atoms with Crippen LogP contribution < -0.4 is 52.5 Å². The van der Waals surface area contributed by atoms with Crippen molar-refractivity contribution >= 4 is 34.5 Å². The summed E-state index contributed by atoms with van der Waals surface area (Å²) in [7, 11) is 5.21. The first kappa shape index (κ1) is 40.5. The minimum absolute atomic E-state index is 0.219. The molecule has 0 fully saturated rings. The molecule has 284 valence electrons. The van der Waals surface area contributed by atoms with Crippen molar-refractivity contribution in [1.29, 1.82) is 0 Å². The summed E-state index contributed by atoms with van der Waals surface area (Å²) < 4.78 is 25.2. The molecule has 2 aliphatic heterocycles. The van der Waals surface area contributed by atoms with Crippen LogP contribution in [0.15, 0.2) is 83.0 Å². The van der Waals surface area contributed by atoms with Crippen molar-refractivity contribution in [2.75, 3.05) is 19.2 Å². The van der Waals surface area contributed by atoms with Gasteiger partial charge in [0.15, 0.2) is 35.8 Å². The smallest absolute Gasteiger partial charge is 0.194 e. The molecule has 0 saturated carbocycles. The number of hydrogen-bond acceptors (Lipinski definition) is 14. The molecule has 0 saturated heterocycles. The Morgan fingerprint density at radius 1 is 0.717 bits per heavy atom. The van der Waals surface area contributed by atoms with Gasteiger partial charge in [-0.25, -0.2) is 20.0 Å². The van der Waals surface area contributed by atoms with E-state index in [9.17, 15) is 0 Å². The van der Waals surface area contributed by atoms with Gasteiger partial charge in [0, 0.05) is 55.4 Å². The zero-order valence-corrected chi connectivity index (χ0v) is 33.3. The Morgan fingerprint density at radius 3 is 1.60 bits per heavy atom. The maximum Gasteiger partial charge on any atom is 0.194 e. The average Bonchev–Trinajstić information content (AvgIpc) is 3.83. The van der Waals surface area contributed by atoms with Crippen molar-refractivity contribution in [2.45, 2.75) is 51.9 Å². The molecule has 17 heteroatoms. The Balaban J connectivity index is 0.000000226. The molecular weight excluding hydrogens is 791 g/mol. The van der Waals surface area contributed by atoms with E-state index in [1.165, 1.54) is 0 Å². The normalized spacial score (nSPS) is 16.3. The Bertz CT molecular complexity index is 1970. The molecule has 16 nitrogen and oxygen atoms in total. The van der Waals surface area contributed by atoms with Gasteiger partial charge in [-0.05, 0) is 41.0 Å². The van der Waals surface area contributed by atoms with Crippen molar-refractivity contribution < 1.29 is 18.9 Å². The van der Waals surface area contributed by atoms with Crippen LogP contribution in [0.2, 0.25) is 0 Å². The molecule has 0 aliphatic carbocycles. The summed E-state index contributed by atoms with van der Waals surface area (Å²) in [5.41, 5.74) is 26.9. The second kappa shape index (κ2) is 18.5. The SMILES string of the molecule is CI.COc1cc(C(C)C)c(OC2=CNC(N)=NC2N)cc1-c1ncc[nH]1.COc1cc(C(C)C)c(OC2=CNC(N)=NC2N)cc1-c1nccn1C. The third-order valence-electron chi connectivity index (χ3n) is 8.04. The molecule has 2 aliphatic rings. The van der Waals surface area contributed by atoms with E-state index < -0.39 is 12.3 Å². The number of alkyl halides is 1. The Hall–Kier alpha value is -5.27. The van der Waals surface area contributed by atoms with Gasteiger partial charge in [0.1, 0.15) is 34.6 Å². The van der Waals surface area contributed by atoms with E-state index in [1.807, 2.05) is 47.0 Å². The number of halogens is 1. The van der Waals surface area contributed by atoms with Gasteiger partial charge < -0.3 is 62.1 Å². The number of methoxy groups -OCH3 is 2. The molecule has 2 aromatic heterocycles. The minimum Gasteiger partial charge on any atom is -0.496 e.